The minimum atomic E-state index is -0.406. The van der Waals surface area contributed by atoms with Crippen molar-refractivity contribution in [3.63, 3.8) is 0 Å². The molecule has 0 aliphatic rings. The smallest absolute Gasteiger partial charge is 0.123 e. The van der Waals surface area contributed by atoms with E-state index in [4.69, 9.17) is 4.74 Å². The van der Waals surface area contributed by atoms with Crippen molar-refractivity contribution in [3.05, 3.63) is 42.0 Å². The molecule has 21 heavy (non-hydrogen) atoms. The van der Waals surface area contributed by atoms with Crippen LogP contribution in [-0.4, -0.2) is 35.8 Å². The van der Waals surface area contributed by atoms with Gasteiger partial charge < -0.3 is 9.84 Å². The minimum absolute atomic E-state index is 0.312. The van der Waals surface area contributed by atoms with E-state index < -0.39 is 5.60 Å². The van der Waals surface area contributed by atoms with Crippen LogP contribution in [0.5, 0.6) is 5.75 Å². The normalized spacial score (nSPS) is 11.7. The highest BCUT2D eigenvalue weighted by Crippen LogP contribution is 2.12. The molecule has 0 bridgehead atoms. The lowest BCUT2D eigenvalue weighted by Crippen LogP contribution is -2.22. The molecule has 3 nitrogen and oxygen atoms in total. The summed E-state index contributed by atoms with van der Waals surface area (Å²) in [7, 11) is 1.66. The van der Waals surface area contributed by atoms with Gasteiger partial charge >= 0.3 is 0 Å². The Balaban J connectivity index is 2.51. The van der Waals surface area contributed by atoms with Crippen molar-refractivity contribution in [2.45, 2.75) is 32.9 Å². The van der Waals surface area contributed by atoms with Crippen LogP contribution >= 0.6 is 0 Å². The quantitative estimate of drug-likeness (QED) is 0.816. The van der Waals surface area contributed by atoms with Crippen molar-refractivity contribution in [1.82, 2.24) is 4.90 Å². The zero-order valence-corrected chi connectivity index (χ0v) is 13.4. The molecule has 0 amide bonds. The third-order valence-corrected chi connectivity index (χ3v) is 3.21. The zero-order chi connectivity index (χ0) is 15.7. The van der Waals surface area contributed by atoms with E-state index >= 15 is 0 Å². The number of likely N-dealkylation sites (N-methyl/N-ethyl adjacent to an activating group) is 1. The Morgan fingerprint density at radius 3 is 2.76 bits per heavy atom. The molecule has 0 radical (unpaired) electrons. The molecule has 0 heterocycles. The molecule has 0 atom stereocenters. The number of hydrogen-bond donors (Lipinski definition) is 1. The Labute approximate surface area is 128 Å². The summed E-state index contributed by atoms with van der Waals surface area (Å²) < 4.78 is 5.24. The minimum Gasteiger partial charge on any atom is -0.508 e. The highest BCUT2D eigenvalue weighted by Gasteiger charge is 2.10. The summed E-state index contributed by atoms with van der Waals surface area (Å²) in [6.45, 7) is 8.58. The first-order valence-corrected chi connectivity index (χ1v) is 7.20. The first-order chi connectivity index (χ1) is 9.96. The zero-order valence-electron chi connectivity index (χ0n) is 13.4. The number of nitrogens with zero attached hydrogens (tertiary/aromatic N) is 1. The van der Waals surface area contributed by atoms with E-state index in [0.717, 1.165) is 25.2 Å². The Bertz CT molecular complexity index is 524. The van der Waals surface area contributed by atoms with Gasteiger partial charge in [0.05, 0.1) is 0 Å². The molecule has 0 spiro atoms. The topological polar surface area (TPSA) is 32.7 Å². The SMILES string of the molecule is CCN(CC=CC#CC(C)(C)OC)Cc1cccc(O)c1. The molecule has 114 valence electrons. The van der Waals surface area contributed by atoms with Gasteiger partial charge in [-0.3, -0.25) is 4.90 Å². The van der Waals surface area contributed by atoms with E-state index in [2.05, 4.69) is 23.7 Å². The lowest BCUT2D eigenvalue weighted by molar-refractivity contribution is 0.0742. The summed E-state index contributed by atoms with van der Waals surface area (Å²) in [5.41, 5.74) is 0.702. The van der Waals surface area contributed by atoms with E-state index in [0.29, 0.717) is 5.75 Å². The maximum atomic E-state index is 9.48. The van der Waals surface area contributed by atoms with Crippen molar-refractivity contribution in [2.24, 2.45) is 0 Å². The summed E-state index contributed by atoms with van der Waals surface area (Å²) in [6.07, 6.45) is 3.91. The Morgan fingerprint density at radius 1 is 1.38 bits per heavy atom. The first-order valence-electron chi connectivity index (χ1n) is 7.20. The van der Waals surface area contributed by atoms with Crippen LogP contribution in [0.1, 0.15) is 26.3 Å². The van der Waals surface area contributed by atoms with Crippen molar-refractivity contribution in [1.29, 1.82) is 0 Å². The van der Waals surface area contributed by atoms with Gasteiger partial charge in [-0.25, -0.2) is 0 Å². The molecular weight excluding hydrogens is 262 g/mol. The highest BCUT2D eigenvalue weighted by atomic mass is 16.5. The molecule has 1 rings (SSSR count). The molecule has 1 N–H and O–H groups in total. The van der Waals surface area contributed by atoms with Gasteiger partial charge in [0.15, 0.2) is 0 Å². The molecular formula is C18H25NO2. The maximum absolute atomic E-state index is 9.48. The number of rotatable bonds is 6. The van der Waals surface area contributed by atoms with Crippen LogP contribution in [-0.2, 0) is 11.3 Å². The molecule has 0 unspecified atom stereocenters. The maximum Gasteiger partial charge on any atom is 0.123 e. The van der Waals surface area contributed by atoms with Gasteiger partial charge in [-0.2, -0.15) is 0 Å². The van der Waals surface area contributed by atoms with Crippen LogP contribution in [0.4, 0.5) is 0 Å². The molecule has 0 saturated carbocycles. The molecule has 0 aliphatic carbocycles. The number of benzene rings is 1. The summed E-state index contributed by atoms with van der Waals surface area (Å²) >= 11 is 0. The molecule has 0 saturated heterocycles. The molecule has 1 aromatic rings. The van der Waals surface area contributed by atoms with Crippen LogP contribution < -0.4 is 0 Å². The number of aromatic hydroxyl groups is 1. The van der Waals surface area contributed by atoms with E-state index in [9.17, 15) is 5.11 Å². The van der Waals surface area contributed by atoms with Crippen LogP contribution in [0, 0.1) is 11.8 Å². The highest BCUT2D eigenvalue weighted by molar-refractivity contribution is 5.27. The van der Waals surface area contributed by atoms with Crippen molar-refractivity contribution in [3.8, 4) is 17.6 Å². The van der Waals surface area contributed by atoms with Gasteiger partial charge in [-0.1, -0.05) is 37.0 Å². The van der Waals surface area contributed by atoms with Gasteiger partial charge in [-0.05, 0) is 44.2 Å². The molecule has 1 aromatic carbocycles. The summed E-state index contributed by atoms with van der Waals surface area (Å²) in [4.78, 5) is 2.27. The number of methoxy groups -OCH3 is 1. The predicted molar refractivity (Wildman–Crippen MR) is 87.1 cm³/mol. The van der Waals surface area contributed by atoms with Crippen molar-refractivity contribution in [2.75, 3.05) is 20.2 Å². The summed E-state index contributed by atoms with van der Waals surface area (Å²) in [5, 5.41) is 9.48. The van der Waals surface area contributed by atoms with Crippen LogP contribution in [0.2, 0.25) is 0 Å². The number of phenolic OH excluding ortho intramolecular Hbond substituents is 1. The monoisotopic (exact) mass is 287 g/mol. The van der Waals surface area contributed by atoms with E-state index in [1.165, 1.54) is 0 Å². The van der Waals surface area contributed by atoms with Crippen LogP contribution in [0.3, 0.4) is 0 Å². The fraction of sp³-hybridized carbons (Fsp3) is 0.444. The number of allylic oxidation sites excluding steroid dienone is 1. The van der Waals surface area contributed by atoms with Gasteiger partial charge in [-0.15, -0.1) is 0 Å². The average molecular weight is 287 g/mol. The second-order valence-corrected chi connectivity index (χ2v) is 5.38. The van der Waals surface area contributed by atoms with Gasteiger partial charge in [0.1, 0.15) is 11.4 Å². The van der Waals surface area contributed by atoms with E-state index in [1.54, 1.807) is 19.2 Å². The second kappa shape index (κ2) is 8.51. The fourth-order valence-corrected chi connectivity index (χ4v) is 1.75. The number of hydrogen-bond acceptors (Lipinski definition) is 3. The Morgan fingerprint density at radius 2 is 2.14 bits per heavy atom. The second-order valence-electron chi connectivity index (χ2n) is 5.38. The third kappa shape index (κ3) is 6.99. The Hall–Kier alpha value is -1.76. The van der Waals surface area contributed by atoms with Gasteiger partial charge in [0, 0.05) is 20.2 Å². The Kier molecular flexibility index (Phi) is 7.01. The predicted octanol–water partition coefficient (Wildman–Crippen LogP) is 3.20. The lowest BCUT2D eigenvalue weighted by Gasteiger charge is -2.18. The van der Waals surface area contributed by atoms with Crippen molar-refractivity contribution >= 4 is 0 Å². The van der Waals surface area contributed by atoms with Crippen molar-refractivity contribution < 1.29 is 9.84 Å². The number of ether oxygens (including phenoxy) is 1. The average Bonchev–Trinajstić information content (AvgIpc) is 2.45. The summed E-state index contributed by atoms with van der Waals surface area (Å²) in [6, 6.07) is 7.37. The van der Waals surface area contributed by atoms with Crippen LogP contribution in [0.15, 0.2) is 36.4 Å². The molecule has 0 fully saturated rings. The molecule has 0 aromatic heterocycles. The largest absolute Gasteiger partial charge is 0.508 e. The molecule has 3 heteroatoms. The van der Waals surface area contributed by atoms with Crippen LogP contribution in [0.25, 0.3) is 0 Å². The van der Waals surface area contributed by atoms with Gasteiger partial charge in [0.25, 0.3) is 0 Å². The fourth-order valence-electron chi connectivity index (χ4n) is 1.75. The van der Waals surface area contributed by atoms with E-state index in [-0.39, 0.29) is 0 Å². The third-order valence-electron chi connectivity index (χ3n) is 3.21. The standard InChI is InChI=1S/C18H25NO2/c1-5-19(15-16-10-9-11-17(20)14-16)13-8-6-7-12-18(2,3)21-4/h6,8-11,14,20H,5,13,15H2,1-4H3. The lowest BCUT2D eigenvalue weighted by atomic mass is 10.1. The summed E-state index contributed by atoms with van der Waals surface area (Å²) in [5.74, 6) is 6.37. The van der Waals surface area contributed by atoms with Gasteiger partial charge in [0.2, 0.25) is 0 Å². The van der Waals surface area contributed by atoms with E-state index in [1.807, 2.05) is 38.1 Å². The number of phenols is 1. The molecule has 0 aliphatic heterocycles. The first kappa shape index (κ1) is 17.3.